The van der Waals surface area contributed by atoms with Crippen LogP contribution in [0.2, 0.25) is 0 Å². The molecule has 1 aromatic heterocycles. The molecule has 0 atom stereocenters. The first kappa shape index (κ1) is 16.9. The summed E-state index contributed by atoms with van der Waals surface area (Å²) in [7, 11) is 0. The van der Waals surface area contributed by atoms with Crippen LogP contribution in [0.25, 0.3) is 0 Å². The SMILES string of the molecule is CCSc1ncc(C(=O)NCCCC23CC4CC(CC(C4)C2)C3)s1. The molecule has 1 aromatic rings. The maximum atomic E-state index is 12.2. The second-order valence-electron chi connectivity index (χ2n) is 8.20. The Hall–Kier alpha value is -0.550. The number of carbonyl (C=O) groups is 1. The van der Waals surface area contributed by atoms with Gasteiger partial charge in [-0.1, -0.05) is 18.7 Å². The molecule has 0 radical (unpaired) electrons. The summed E-state index contributed by atoms with van der Waals surface area (Å²) in [5.74, 6) is 4.13. The van der Waals surface area contributed by atoms with Crippen LogP contribution in [-0.4, -0.2) is 23.2 Å². The third kappa shape index (κ3) is 3.52. The van der Waals surface area contributed by atoms with Gasteiger partial charge in [-0.2, -0.15) is 0 Å². The quantitative estimate of drug-likeness (QED) is 0.548. The van der Waals surface area contributed by atoms with Gasteiger partial charge < -0.3 is 5.32 Å². The number of carbonyl (C=O) groups excluding carboxylic acids is 1. The van der Waals surface area contributed by atoms with E-state index in [-0.39, 0.29) is 5.91 Å². The molecule has 1 amide bonds. The number of thioether (sulfide) groups is 1. The van der Waals surface area contributed by atoms with E-state index >= 15 is 0 Å². The Morgan fingerprint density at radius 2 is 1.96 bits per heavy atom. The van der Waals surface area contributed by atoms with Crippen molar-refractivity contribution in [2.24, 2.45) is 23.2 Å². The van der Waals surface area contributed by atoms with Crippen LogP contribution in [0.4, 0.5) is 0 Å². The summed E-state index contributed by atoms with van der Waals surface area (Å²) in [4.78, 5) is 17.3. The van der Waals surface area contributed by atoms with Crippen molar-refractivity contribution in [3.05, 3.63) is 11.1 Å². The summed E-state index contributed by atoms with van der Waals surface area (Å²) in [6.07, 6.45) is 13.1. The highest BCUT2D eigenvalue weighted by atomic mass is 32.2. The van der Waals surface area contributed by atoms with Gasteiger partial charge in [0.05, 0.1) is 6.20 Å². The first-order chi connectivity index (χ1) is 11.7. The molecular weight excluding hydrogens is 336 g/mol. The third-order valence-electron chi connectivity index (χ3n) is 6.31. The van der Waals surface area contributed by atoms with Crippen LogP contribution in [0.3, 0.4) is 0 Å². The zero-order valence-corrected chi connectivity index (χ0v) is 16.2. The van der Waals surface area contributed by atoms with Crippen molar-refractivity contribution in [1.82, 2.24) is 10.3 Å². The van der Waals surface area contributed by atoms with Gasteiger partial charge in [0, 0.05) is 6.54 Å². The molecule has 5 rings (SSSR count). The topological polar surface area (TPSA) is 42.0 Å². The van der Waals surface area contributed by atoms with Gasteiger partial charge in [-0.05, 0) is 80.3 Å². The minimum atomic E-state index is 0.0564. The van der Waals surface area contributed by atoms with Gasteiger partial charge in [-0.3, -0.25) is 4.79 Å². The lowest BCUT2D eigenvalue weighted by Crippen LogP contribution is -2.46. The van der Waals surface area contributed by atoms with Crippen molar-refractivity contribution >= 4 is 29.0 Å². The largest absolute Gasteiger partial charge is 0.351 e. The van der Waals surface area contributed by atoms with E-state index in [9.17, 15) is 4.79 Å². The molecule has 0 unspecified atom stereocenters. The van der Waals surface area contributed by atoms with E-state index in [0.29, 0.717) is 5.41 Å². The van der Waals surface area contributed by atoms with Crippen LogP contribution in [0.5, 0.6) is 0 Å². The van der Waals surface area contributed by atoms with Crippen molar-refractivity contribution in [2.45, 2.75) is 62.6 Å². The molecule has 4 fully saturated rings. The number of hydrogen-bond acceptors (Lipinski definition) is 4. The molecule has 0 aromatic carbocycles. The van der Waals surface area contributed by atoms with Crippen molar-refractivity contribution < 1.29 is 4.79 Å². The Morgan fingerprint density at radius 1 is 1.29 bits per heavy atom. The van der Waals surface area contributed by atoms with E-state index in [2.05, 4.69) is 17.2 Å². The first-order valence-electron chi connectivity index (χ1n) is 9.52. The highest BCUT2D eigenvalue weighted by molar-refractivity contribution is 8.01. The van der Waals surface area contributed by atoms with E-state index in [4.69, 9.17) is 0 Å². The maximum absolute atomic E-state index is 12.2. The van der Waals surface area contributed by atoms with Gasteiger partial charge in [0.1, 0.15) is 4.88 Å². The molecule has 3 nitrogen and oxygen atoms in total. The Morgan fingerprint density at radius 3 is 2.58 bits per heavy atom. The van der Waals surface area contributed by atoms with Crippen molar-refractivity contribution in [3.63, 3.8) is 0 Å². The van der Waals surface area contributed by atoms with Crippen molar-refractivity contribution in [2.75, 3.05) is 12.3 Å². The number of hydrogen-bond donors (Lipinski definition) is 1. The minimum Gasteiger partial charge on any atom is -0.351 e. The fourth-order valence-electron chi connectivity index (χ4n) is 5.90. The summed E-state index contributed by atoms with van der Waals surface area (Å²) in [6.45, 7) is 2.92. The Labute approximate surface area is 153 Å². The molecule has 4 aliphatic rings. The van der Waals surface area contributed by atoms with Crippen LogP contribution in [0, 0.1) is 23.2 Å². The van der Waals surface area contributed by atoms with E-state index in [0.717, 1.165) is 45.7 Å². The summed E-state index contributed by atoms with van der Waals surface area (Å²) in [5.41, 5.74) is 0.634. The molecule has 5 heteroatoms. The Bertz CT molecular complexity index is 563. The summed E-state index contributed by atoms with van der Waals surface area (Å²) in [5, 5.41) is 3.11. The van der Waals surface area contributed by atoms with Crippen molar-refractivity contribution in [1.29, 1.82) is 0 Å². The number of nitrogens with zero attached hydrogens (tertiary/aromatic N) is 1. The maximum Gasteiger partial charge on any atom is 0.263 e. The highest BCUT2D eigenvalue weighted by Crippen LogP contribution is 2.61. The van der Waals surface area contributed by atoms with Gasteiger partial charge in [0.25, 0.3) is 5.91 Å². The lowest BCUT2D eigenvalue weighted by Gasteiger charge is -2.57. The van der Waals surface area contributed by atoms with Crippen LogP contribution >= 0.6 is 23.1 Å². The standard InChI is InChI=1S/C19H28N2OS2/c1-2-23-18-21-12-16(24-18)17(22)20-5-3-4-19-9-13-6-14(10-19)8-15(7-13)11-19/h12-15H,2-11H2,1H3,(H,20,22). The molecule has 132 valence electrons. The molecule has 0 aliphatic heterocycles. The van der Waals surface area contributed by atoms with E-state index in [1.54, 1.807) is 18.0 Å². The predicted molar refractivity (Wildman–Crippen MR) is 101 cm³/mol. The molecule has 0 spiro atoms. The van der Waals surface area contributed by atoms with Gasteiger partial charge in [0.15, 0.2) is 4.34 Å². The highest BCUT2D eigenvalue weighted by Gasteiger charge is 2.50. The average Bonchev–Trinajstić information content (AvgIpc) is 2.99. The van der Waals surface area contributed by atoms with Gasteiger partial charge >= 0.3 is 0 Å². The second-order valence-corrected chi connectivity index (χ2v) is 10.7. The number of aromatic nitrogens is 1. The van der Waals surface area contributed by atoms with E-state index in [1.165, 1.54) is 56.3 Å². The number of thiazole rings is 1. The monoisotopic (exact) mass is 364 g/mol. The summed E-state index contributed by atoms with van der Waals surface area (Å²) in [6, 6.07) is 0. The fraction of sp³-hybridized carbons (Fsp3) is 0.789. The summed E-state index contributed by atoms with van der Waals surface area (Å²) >= 11 is 3.21. The molecule has 4 aliphatic carbocycles. The van der Waals surface area contributed by atoms with Gasteiger partial charge in [-0.25, -0.2) is 4.98 Å². The lowest BCUT2D eigenvalue weighted by atomic mass is 9.48. The van der Waals surface area contributed by atoms with Crippen LogP contribution in [-0.2, 0) is 0 Å². The van der Waals surface area contributed by atoms with E-state index in [1.807, 2.05) is 0 Å². The summed E-state index contributed by atoms with van der Waals surface area (Å²) < 4.78 is 0.996. The molecule has 24 heavy (non-hydrogen) atoms. The normalized spacial score (nSPS) is 33.8. The molecule has 4 bridgehead atoms. The molecular formula is C19H28N2OS2. The van der Waals surface area contributed by atoms with Gasteiger partial charge in [-0.15, -0.1) is 11.3 Å². The molecule has 1 N–H and O–H groups in total. The lowest BCUT2D eigenvalue weighted by molar-refractivity contribution is -0.0579. The first-order valence-corrected chi connectivity index (χ1v) is 11.3. The molecule has 0 saturated heterocycles. The fourth-order valence-corrected chi connectivity index (χ4v) is 7.70. The minimum absolute atomic E-state index is 0.0564. The van der Waals surface area contributed by atoms with Crippen LogP contribution in [0.15, 0.2) is 10.5 Å². The number of rotatable bonds is 7. The van der Waals surface area contributed by atoms with Crippen LogP contribution < -0.4 is 5.32 Å². The van der Waals surface area contributed by atoms with Gasteiger partial charge in [0.2, 0.25) is 0 Å². The number of amides is 1. The zero-order valence-electron chi connectivity index (χ0n) is 14.6. The van der Waals surface area contributed by atoms with Crippen LogP contribution in [0.1, 0.15) is 68.0 Å². The van der Waals surface area contributed by atoms with E-state index < -0.39 is 0 Å². The molecule has 1 heterocycles. The smallest absolute Gasteiger partial charge is 0.263 e. The Balaban J connectivity index is 1.23. The Kier molecular flexibility index (Phi) is 4.92. The second kappa shape index (κ2) is 6.99. The zero-order chi connectivity index (χ0) is 16.6. The third-order valence-corrected chi connectivity index (χ3v) is 8.35. The number of nitrogens with one attached hydrogen (secondary N) is 1. The predicted octanol–water partition coefficient (Wildman–Crippen LogP) is 4.98. The molecule has 4 saturated carbocycles. The average molecular weight is 365 g/mol. The van der Waals surface area contributed by atoms with Crippen molar-refractivity contribution in [3.8, 4) is 0 Å².